The molecule has 0 saturated carbocycles. The van der Waals surface area contributed by atoms with Gasteiger partial charge in [-0.15, -0.1) is 0 Å². The smallest absolute Gasteiger partial charge is 0.266 e. The summed E-state index contributed by atoms with van der Waals surface area (Å²) in [5.74, 6) is 0. The molecule has 0 spiro atoms. The lowest BCUT2D eigenvalue weighted by molar-refractivity contribution is 1.09. The maximum Gasteiger partial charge on any atom is 0.266 e. The fraction of sp³-hybridized carbons (Fsp3) is 0. The van der Waals surface area contributed by atoms with E-state index < -0.39 is 0 Å². The van der Waals surface area contributed by atoms with Crippen LogP contribution in [0.15, 0.2) is 143 Å². The average Bonchev–Trinajstić information content (AvgIpc) is 3.39. The van der Waals surface area contributed by atoms with Crippen LogP contribution in [0.5, 0.6) is 0 Å². The third-order valence-electron chi connectivity index (χ3n) is 8.67. The van der Waals surface area contributed by atoms with Gasteiger partial charge in [-0.2, -0.15) is 0 Å². The Hall–Kier alpha value is -5.74. The molecule has 0 bridgehead atoms. The van der Waals surface area contributed by atoms with E-state index in [2.05, 4.69) is 89.5 Å². The van der Waals surface area contributed by atoms with Crippen LogP contribution in [0.3, 0.4) is 0 Å². The number of para-hydroxylation sites is 2. The molecule has 0 unspecified atom stereocenters. The van der Waals surface area contributed by atoms with Crippen molar-refractivity contribution in [3.05, 3.63) is 154 Å². The third kappa shape index (κ3) is 3.01. The molecule has 3 heterocycles. The van der Waals surface area contributed by atoms with Gasteiger partial charge >= 0.3 is 0 Å². The largest absolute Gasteiger partial charge is 0.309 e. The van der Waals surface area contributed by atoms with Crippen LogP contribution in [0.4, 0.5) is 0 Å². The fourth-order valence-electron chi connectivity index (χ4n) is 6.80. The number of hydrogen-bond donors (Lipinski definition) is 0. The van der Waals surface area contributed by atoms with E-state index in [1.807, 2.05) is 36.4 Å². The van der Waals surface area contributed by atoms with Gasteiger partial charge in [0.2, 0.25) is 0 Å². The van der Waals surface area contributed by atoms with E-state index in [4.69, 9.17) is 0 Å². The van der Waals surface area contributed by atoms with Gasteiger partial charge in [0.05, 0.1) is 16.6 Å². The van der Waals surface area contributed by atoms with Gasteiger partial charge in [-0.25, -0.2) is 4.40 Å². The van der Waals surface area contributed by atoms with E-state index in [1.54, 1.807) is 12.1 Å². The first kappa shape index (κ1) is 23.0. The van der Waals surface area contributed by atoms with E-state index in [0.717, 1.165) is 38.4 Å². The van der Waals surface area contributed by atoms with Crippen molar-refractivity contribution in [2.24, 2.45) is 0 Å². The summed E-state index contributed by atoms with van der Waals surface area (Å²) in [6.45, 7) is 0. The van der Waals surface area contributed by atoms with Crippen LogP contribution in [0, 0.1) is 0 Å². The van der Waals surface area contributed by atoms with Crippen molar-refractivity contribution in [1.29, 1.82) is 0 Å². The molecule has 4 heteroatoms. The standard InChI is InChI=1S/C38H22N2O2/c41-37-30-13-3-1-9-26(30)32-21-24(22-33-27-10-2-4-14-31(27)38(42)40(37)36(32)33)23-17-19-25(20-18-23)39-34-15-7-5-11-28(34)29-12-6-8-16-35(29)39/h1-22H. The fourth-order valence-corrected chi connectivity index (χ4v) is 6.80. The Morgan fingerprint density at radius 2 is 0.810 bits per heavy atom. The van der Waals surface area contributed by atoms with Crippen LogP contribution in [-0.2, 0) is 0 Å². The second kappa shape index (κ2) is 8.38. The zero-order chi connectivity index (χ0) is 27.9. The van der Waals surface area contributed by atoms with Crippen LogP contribution in [-0.4, -0.2) is 8.97 Å². The van der Waals surface area contributed by atoms with E-state index in [0.29, 0.717) is 16.3 Å². The summed E-state index contributed by atoms with van der Waals surface area (Å²) >= 11 is 0. The number of hydrogen-bond acceptors (Lipinski definition) is 2. The van der Waals surface area contributed by atoms with Crippen molar-refractivity contribution >= 4 is 59.6 Å². The maximum atomic E-state index is 13.6. The van der Waals surface area contributed by atoms with Gasteiger partial charge in [-0.05, 0) is 70.4 Å². The molecule has 0 amide bonds. The second-order valence-corrected chi connectivity index (χ2v) is 10.9. The highest BCUT2D eigenvalue weighted by molar-refractivity contribution is 6.19. The molecule has 9 aromatic rings. The highest BCUT2D eigenvalue weighted by Gasteiger charge is 2.18. The summed E-state index contributed by atoms with van der Waals surface area (Å²) in [6.07, 6.45) is 0. The summed E-state index contributed by atoms with van der Waals surface area (Å²) in [5, 5.41) is 7.05. The van der Waals surface area contributed by atoms with Gasteiger partial charge in [0.15, 0.2) is 0 Å². The summed E-state index contributed by atoms with van der Waals surface area (Å²) in [4.78, 5) is 27.2. The third-order valence-corrected chi connectivity index (χ3v) is 8.67. The molecule has 9 rings (SSSR count). The Bertz CT molecular complexity index is 2510. The van der Waals surface area contributed by atoms with Gasteiger partial charge in [0.25, 0.3) is 11.1 Å². The average molecular weight is 539 g/mol. The number of pyridine rings is 2. The van der Waals surface area contributed by atoms with Crippen LogP contribution in [0.1, 0.15) is 0 Å². The highest BCUT2D eigenvalue weighted by atomic mass is 16.2. The van der Waals surface area contributed by atoms with Crippen molar-refractivity contribution in [2.75, 3.05) is 0 Å². The summed E-state index contributed by atoms with van der Waals surface area (Å²) in [6, 6.07) is 45.1. The van der Waals surface area contributed by atoms with Gasteiger partial charge in [0, 0.05) is 38.0 Å². The van der Waals surface area contributed by atoms with Gasteiger partial charge in [0.1, 0.15) is 0 Å². The number of benzene rings is 6. The Kier molecular flexibility index (Phi) is 4.59. The monoisotopic (exact) mass is 538 g/mol. The molecule has 4 nitrogen and oxygen atoms in total. The van der Waals surface area contributed by atoms with E-state index >= 15 is 0 Å². The van der Waals surface area contributed by atoms with E-state index in [9.17, 15) is 9.59 Å². The highest BCUT2D eigenvalue weighted by Crippen LogP contribution is 2.36. The zero-order valence-electron chi connectivity index (χ0n) is 22.4. The van der Waals surface area contributed by atoms with Gasteiger partial charge in [-0.1, -0.05) is 84.9 Å². The SMILES string of the molecule is O=c1c2ccccc2c2cc(-c3ccc(-n4c5ccccc5c5ccccc54)cc3)cc3c4ccccc4c(=O)n1c23. The summed E-state index contributed by atoms with van der Waals surface area (Å²) in [5.41, 5.74) is 5.66. The topological polar surface area (TPSA) is 43.5 Å². The molecule has 3 aromatic heterocycles. The molecule has 0 radical (unpaired) electrons. The second-order valence-electron chi connectivity index (χ2n) is 10.9. The first-order valence-electron chi connectivity index (χ1n) is 14.0. The minimum Gasteiger partial charge on any atom is -0.309 e. The Morgan fingerprint density at radius 1 is 0.381 bits per heavy atom. The predicted octanol–water partition coefficient (Wildman–Crippen LogP) is 8.32. The van der Waals surface area contributed by atoms with Crippen molar-refractivity contribution in [1.82, 2.24) is 8.97 Å². The number of aromatic nitrogens is 2. The normalized spacial score (nSPS) is 12.0. The van der Waals surface area contributed by atoms with E-state index in [-0.39, 0.29) is 11.1 Å². The Labute approximate surface area is 239 Å². The molecule has 0 aliphatic rings. The van der Waals surface area contributed by atoms with Gasteiger partial charge in [-0.3, -0.25) is 9.59 Å². The van der Waals surface area contributed by atoms with Crippen LogP contribution in [0.25, 0.3) is 76.5 Å². The van der Waals surface area contributed by atoms with Crippen molar-refractivity contribution in [2.45, 2.75) is 0 Å². The Balaban J connectivity index is 1.33. The molecule has 0 aliphatic carbocycles. The molecule has 0 fully saturated rings. The molecule has 0 atom stereocenters. The molecule has 0 aliphatic heterocycles. The predicted molar refractivity (Wildman–Crippen MR) is 173 cm³/mol. The molecule has 0 saturated heterocycles. The molecule has 6 aromatic carbocycles. The summed E-state index contributed by atoms with van der Waals surface area (Å²) < 4.78 is 3.68. The molecular weight excluding hydrogens is 516 g/mol. The quantitative estimate of drug-likeness (QED) is 0.164. The zero-order valence-corrected chi connectivity index (χ0v) is 22.4. The van der Waals surface area contributed by atoms with Crippen LogP contribution < -0.4 is 11.1 Å². The maximum absolute atomic E-state index is 13.6. The lowest BCUT2D eigenvalue weighted by Crippen LogP contribution is -2.27. The lowest BCUT2D eigenvalue weighted by Gasteiger charge is -2.15. The lowest BCUT2D eigenvalue weighted by atomic mass is 9.94. The summed E-state index contributed by atoms with van der Waals surface area (Å²) in [7, 11) is 0. The number of rotatable bonds is 2. The van der Waals surface area contributed by atoms with Crippen LogP contribution in [0.2, 0.25) is 0 Å². The first-order valence-corrected chi connectivity index (χ1v) is 14.0. The molecular formula is C38H22N2O2. The van der Waals surface area contributed by atoms with Crippen molar-refractivity contribution < 1.29 is 0 Å². The first-order chi connectivity index (χ1) is 20.7. The number of fused-ring (bicyclic) bond motifs is 7. The van der Waals surface area contributed by atoms with E-state index in [1.165, 1.54) is 26.2 Å². The van der Waals surface area contributed by atoms with Gasteiger partial charge < -0.3 is 4.57 Å². The van der Waals surface area contributed by atoms with Crippen LogP contribution >= 0.6 is 0 Å². The minimum absolute atomic E-state index is 0.276. The number of nitrogens with zero attached hydrogens (tertiary/aromatic N) is 2. The van der Waals surface area contributed by atoms with Crippen molar-refractivity contribution in [3.8, 4) is 16.8 Å². The molecule has 196 valence electrons. The Morgan fingerprint density at radius 3 is 1.31 bits per heavy atom. The minimum atomic E-state index is -0.276. The molecule has 0 N–H and O–H groups in total. The van der Waals surface area contributed by atoms with Crippen molar-refractivity contribution in [3.63, 3.8) is 0 Å². The molecule has 42 heavy (non-hydrogen) atoms.